The molecule has 0 amide bonds. The summed E-state index contributed by atoms with van der Waals surface area (Å²) in [6.07, 6.45) is 1.15. The van der Waals surface area contributed by atoms with Gasteiger partial charge in [-0.1, -0.05) is 31.2 Å². The molecule has 130 valence electrons. The Kier molecular flexibility index (Phi) is 7.09. The second-order valence-electron chi connectivity index (χ2n) is 6.10. The summed E-state index contributed by atoms with van der Waals surface area (Å²) in [5.41, 5.74) is 9.91. The van der Waals surface area contributed by atoms with Crippen molar-refractivity contribution < 1.29 is 4.74 Å². The summed E-state index contributed by atoms with van der Waals surface area (Å²) in [5, 5.41) is 3.42. The van der Waals surface area contributed by atoms with Gasteiger partial charge in [-0.3, -0.25) is 0 Å². The lowest BCUT2D eigenvalue weighted by Gasteiger charge is -2.20. The van der Waals surface area contributed by atoms with E-state index in [2.05, 4.69) is 60.6 Å². The summed E-state index contributed by atoms with van der Waals surface area (Å²) in [6, 6.07) is 16.6. The van der Waals surface area contributed by atoms with Crippen molar-refractivity contribution in [3.8, 4) is 5.75 Å². The van der Waals surface area contributed by atoms with E-state index in [4.69, 9.17) is 10.5 Å². The standard InChI is InChI=1S/C20H29N3O/c1-4-13-23(2)18-9-7-17(8-10-18)20(21)15-22-14-16-5-11-19(24-3)12-6-16/h5-12,20,22H,4,13-15,21H2,1-3H3. The Morgan fingerprint density at radius 1 is 1.08 bits per heavy atom. The Morgan fingerprint density at radius 2 is 1.75 bits per heavy atom. The first-order valence-electron chi connectivity index (χ1n) is 8.54. The second-order valence-corrected chi connectivity index (χ2v) is 6.10. The quantitative estimate of drug-likeness (QED) is 0.742. The summed E-state index contributed by atoms with van der Waals surface area (Å²) in [7, 11) is 3.80. The molecule has 4 nitrogen and oxygen atoms in total. The molecule has 0 aliphatic carbocycles. The highest BCUT2D eigenvalue weighted by Gasteiger charge is 2.07. The van der Waals surface area contributed by atoms with E-state index in [1.54, 1.807) is 7.11 Å². The number of hydrogen-bond donors (Lipinski definition) is 2. The van der Waals surface area contributed by atoms with Gasteiger partial charge in [0.15, 0.2) is 0 Å². The van der Waals surface area contributed by atoms with Crippen molar-refractivity contribution in [2.24, 2.45) is 5.73 Å². The molecular formula is C20H29N3O. The van der Waals surface area contributed by atoms with E-state index in [9.17, 15) is 0 Å². The highest BCUT2D eigenvalue weighted by Crippen LogP contribution is 2.17. The van der Waals surface area contributed by atoms with Gasteiger partial charge in [0.25, 0.3) is 0 Å². The fraction of sp³-hybridized carbons (Fsp3) is 0.400. The number of nitrogens with two attached hydrogens (primary N) is 1. The molecule has 0 bridgehead atoms. The van der Waals surface area contributed by atoms with E-state index in [0.29, 0.717) is 0 Å². The normalized spacial score (nSPS) is 12.0. The smallest absolute Gasteiger partial charge is 0.118 e. The van der Waals surface area contributed by atoms with Crippen LogP contribution in [0.5, 0.6) is 5.75 Å². The summed E-state index contributed by atoms with van der Waals surface area (Å²) < 4.78 is 5.17. The molecule has 2 aromatic carbocycles. The van der Waals surface area contributed by atoms with Crippen LogP contribution < -0.4 is 20.7 Å². The molecule has 0 fully saturated rings. The average molecular weight is 327 g/mol. The number of ether oxygens (including phenoxy) is 1. The first kappa shape index (κ1) is 18.3. The third-order valence-corrected chi connectivity index (χ3v) is 4.17. The minimum Gasteiger partial charge on any atom is -0.497 e. The number of benzene rings is 2. The Hall–Kier alpha value is -2.04. The average Bonchev–Trinajstić information content (AvgIpc) is 2.62. The molecule has 0 radical (unpaired) electrons. The lowest BCUT2D eigenvalue weighted by molar-refractivity contribution is 0.414. The molecule has 0 aromatic heterocycles. The molecule has 2 rings (SSSR count). The van der Waals surface area contributed by atoms with E-state index in [1.807, 2.05) is 12.1 Å². The molecule has 1 atom stereocenters. The molecule has 0 saturated heterocycles. The van der Waals surface area contributed by atoms with Gasteiger partial charge >= 0.3 is 0 Å². The predicted octanol–water partition coefficient (Wildman–Crippen LogP) is 3.33. The van der Waals surface area contributed by atoms with Crippen LogP contribution in [-0.2, 0) is 6.54 Å². The number of hydrogen-bond acceptors (Lipinski definition) is 4. The van der Waals surface area contributed by atoms with E-state index in [0.717, 1.165) is 37.4 Å². The third kappa shape index (κ3) is 5.25. The maximum atomic E-state index is 6.29. The van der Waals surface area contributed by atoms with Crippen molar-refractivity contribution >= 4 is 5.69 Å². The van der Waals surface area contributed by atoms with Crippen molar-refractivity contribution in [2.45, 2.75) is 25.9 Å². The van der Waals surface area contributed by atoms with Crippen LogP contribution in [0.25, 0.3) is 0 Å². The summed E-state index contributed by atoms with van der Waals surface area (Å²) >= 11 is 0. The van der Waals surface area contributed by atoms with Gasteiger partial charge in [-0.05, 0) is 41.8 Å². The zero-order valence-electron chi connectivity index (χ0n) is 15.0. The number of methoxy groups -OCH3 is 1. The van der Waals surface area contributed by atoms with Gasteiger partial charge in [0, 0.05) is 38.4 Å². The Labute approximate surface area is 145 Å². The lowest BCUT2D eigenvalue weighted by atomic mass is 10.1. The summed E-state index contributed by atoms with van der Waals surface area (Å²) in [6.45, 7) is 4.80. The van der Waals surface area contributed by atoms with Gasteiger partial charge in [0.05, 0.1) is 7.11 Å². The van der Waals surface area contributed by atoms with Crippen LogP contribution in [-0.4, -0.2) is 27.2 Å². The monoisotopic (exact) mass is 327 g/mol. The Bertz CT molecular complexity index is 595. The number of rotatable bonds is 9. The van der Waals surface area contributed by atoms with Gasteiger partial charge in [0.1, 0.15) is 5.75 Å². The highest BCUT2D eigenvalue weighted by molar-refractivity contribution is 5.47. The van der Waals surface area contributed by atoms with Crippen molar-refractivity contribution in [3.05, 3.63) is 59.7 Å². The van der Waals surface area contributed by atoms with E-state index >= 15 is 0 Å². The van der Waals surface area contributed by atoms with Crippen LogP contribution in [0, 0.1) is 0 Å². The zero-order chi connectivity index (χ0) is 17.4. The largest absolute Gasteiger partial charge is 0.497 e. The van der Waals surface area contributed by atoms with Crippen LogP contribution in [0.1, 0.15) is 30.5 Å². The summed E-state index contributed by atoms with van der Waals surface area (Å²) in [5.74, 6) is 0.878. The van der Waals surface area contributed by atoms with Crippen LogP contribution in [0.15, 0.2) is 48.5 Å². The van der Waals surface area contributed by atoms with Gasteiger partial charge in [-0.2, -0.15) is 0 Å². The molecule has 3 N–H and O–H groups in total. The molecular weight excluding hydrogens is 298 g/mol. The van der Waals surface area contributed by atoms with Crippen molar-refractivity contribution in [1.82, 2.24) is 5.32 Å². The fourth-order valence-corrected chi connectivity index (χ4v) is 2.67. The SMILES string of the molecule is CCCN(C)c1ccc(C(N)CNCc2ccc(OC)cc2)cc1. The number of nitrogens with zero attached hydrogens (tertiary/aromatic N) is 1. The van der Waals surface area contributed by atoms with Crippen molar-refractivity contribution in [3.63, 3.8) is 0 Å². The molecule has 4 heteroatoms. The Balaban J connectivity index is 1.82. The highest BCUT2D eigenvalue weighted by atomic mass is 16.5. The minimum atomic E-state index is -0.00576. The van der Waals surface area contributed by atoms with Gasteiger partial charge in [-0.25, -0.2) is 0 Å². The van der Waals surface area contributed by atoms with Crippen LogP contribution >= 0.6 is 0 Å². The summed E-state index contributed by atoms with van der Waals surface area (Å²) in [4.78, 5) is 2.26. The van der Waals surface area contributed by atoms with Crippen molar-refractivity contribution in [1.29, 1.82) is 0 Å². The molecule has 0 aliphatic heterocycles. The fourth-order valence-electron chi connectivity index (χ4n) is 2.67. The predicted molar refractivity (Wildman–Crippen MR) is 102 cm³/mol. The molecule has 2 aromatic rings. The van der Waals surface area contributed by atoms with E-state index in [1.165, 1.54) is 11.3 Å². The zero-order valence-corrected chi connectivity index (χ0v) is 15.0. The molecule has 0 aliphatic rings. The topological polar surface area (TPSA) is 50.5 Å². The van der Waals surface area contributed by atoms with E-state index in [-0.39, 0.29) is 6.04 Å². The molecule has 0 heterocycles. The lowest BCUT2D eigenvalue weighted by Crippen LogP contribution is -2.26. The van der Waals surface area contributed by atoms with Gasteiger partial charge in [0.2, 0.25) is 0 Å². The third-order valence-electron chi connectivity index (χ3n) is 4.17. The molecule has 0 saturated carbocycles. The molecule has 1 unspecified atom stereocenters. The number of anilines is 1. The van der Waals surface area contributed by atoms with Crippen molar-refractivity contribution in [2.75, 3.05) is 32.1 Å². The minimum absolute atomic E-state index is 0.00576. The molecule has 24 heavy (non-hydrogen) atoms. The Morgan fingerprint density at radius 3 is 2.33 bits per heavy atom. The first-order valence-corrected chi connectivity index (χ1v) is 8.54. The van der Waals surface area contributed by atoms with Crippen LogP contribution in [0.4, 0.5) is 5.69 Å². The molecule has 0 spiro atoms. The van der Waals surface area contributed by atoms with E-state index < -0.39 is 0 Å². The maximum absolute atomic E-state index is 6.29. The van der Waals surface area contributed by atoms with Crippen LogP contribution in [0.3, 0.4) is 0 Å². The maximum Gasteiger partial charge on any atom is 0.118 e. The van der Waals surface area contributed by atoms with Crippen LogP contribution in [0.2, 0.25) is 0 Å². The second kappa shape index (κ2) is 9.30. The number of nitrogens with one attached hydrogen (secondary N) is 1. The van der Waals surface area contributed by atoms with Gasteiger partial charge < -0.3 is 20.7 Å². The first-order chi connectivity index (χ1) is 11.6. The van der Waals surface area contributed by atoms with Gasteiger partial charge in [-0.15, -0.1) is 0 Å².